The maximum absolute atomic E-state index is 5.80. The molecule has 23 heavy (non-hydrogen) atoms. The van der Waals surface area contributed by atoms with E-state index in [2.05, 4.69) is 63.8 Å². The van der Waals surface area contributed by atoms with Gasteiger partial charge in [0, 0.05) is 56.9 Å². The Morgan fingerprint density at radius 1 is 1.04 bits per heavy atom. The van der Waals surface area contributed by atoms with E-state index >= 15 is 0 Å². The van der Waals surface area contributed by atoms with Crippen LogP contribution in [-0.2, 0) is 0 Å². The number of furan rings is 1. The standard InChI is InChI=1S/C19H23N3O/c1-2-4-16(5-3-1)17-6-10-22(19-18(17)7-15-23-19)14-13-21-11-8-20-9-12-21/h1-7,10,15,17,20H,8-9,11-14H2. The molecule has 0 aliphatic carbocycles. The molecular weight excluding hydrogens is 286 g/mol. The zero-order chi connectivity index (χ0) is 15.5. The molecule has 4 heteroatoms. The normalized spacial score (nSPS) is 21.4. The van der Waals surface area contributed by atoms with Gasteiger partial charge >= 0.3 is 0 Å². The second kappa shape index (κ2) is 6.60. The van der Waals surface area contributed by atoms with Crippen LogP contribution in [0, 0.1) is 0 Å². The van der Waals surface area contributed by atoms with E-state index in [0.717, 1.165) is 45.2 Å². The fourth-order valence-corrected chi connectivity index (χ4v) is 3.45. The molecule has 0 spiro atoms. The zero-order valence-corrected chi connectivity index (χ0v) is 13.3. The van der Waals surface area contributed by atoms with E-state index in [1.165, 1.54) is 11.1 Å². The third kappa shape index (κ3) is 3.05. The summed E-state index contributed by atoms with van der Waals surface area (Å²) >= 11 is 0. The first-order chi connectivity index (χ1) is 11.4. The molecule has 1 aromatic carbocycles. The van der Waals surface area contributed by atoms with Crippen LogP contribution in [0.1, 0.15) is 17.0 Å². The van der Waals surface area contributed by atoms with E-state index in [1.807, 2.05) is 6.26 Å². The molecule has 3 heterocycles. The van der Waals surface area contributed by atoms with Gasteiger partial charge in [-0.15, -0.1) is 0 Å². The summed E-state index contributed by atoms with van der Waals surface area (Å²) in [6.45, 7) is 6.50. The van der Waals surface area contributed by atoms with E-state index in [-0.39, 0.29) is 0 Å². The third-order valence-electron chi connectivity index (χ3n) is 4.75. The van der Waals surface area contributed by atoms with Gasteiger partial charge in [-0.25, -0.2) is 0 Å². The number of hydrogen-bond acceptors (Lipinski definition) is 4. The van der Waals surface area contributed by atoms with Gasteiger partial charge in [-0.2, -0.15) is 0 Å². The molecule has 0 radical (unpaired) electrons. The van der Waals surface area contributed by atoms with Crippen LogP contribution in [-0.4, -0.2) is 44.2 Å². The van der Waals surface area contributed by atoms with Gasteiger partial charge in [0.1, 0.15) is 0 Å². The van der Waals surface area contributed by atoms with Crippen molar-refractivity contribution in [3.63, 3.8) is 0 Å². The number of fused-ring (bicyclic) bond motifs is 1. The van der Waals surface area contributed by atoms with Crippen molar-refractivity contribution in [2.75, 3.05) is 44.2 Å². The van der Waals surface area contributed by atoms with E-state index in [9.17, 15) is 0 Å². The Labute approximate surface area is 137 Å². The Morgan fingerprint density at radius 2 is 1.87 bits per heavy atom. The number of benzene rings is 1. The minimum absolute atomic E-state index is 0.292. The van der Waals surface area contributed by atoms with Gasteiger partial charge < -0.3 is 14.6 Å². The molecule has 1 atom stereocenters. The first kappa shape index (κ1) is 14.5. The predicted octanol–water partition coefficient (Wildman–Crippen LogP) is 2.65. The summed E-state index contributed by atoms with van der Waals surface area (Å²) < 4.78 is 5.80. The smallest absolute Gasteiger partial charge is 0.203 e. The molecule has 1 N–H and O–H groups in total. The lowest BCUT2D eigenvalue weighted by Crippen LogP contribution is -2.46. The molecule has 1 saturated heterocycles. The number of nitrogens with zero attached hydrogens (tertiary/aromatic N) is 2. The number of allylic oxidation sites excluding steroid dienone is 1. The Balaban J connectivity index is 1.49. The number of piperazine rings is 1. The highest BCUT2D eigenvalue weighted by Gasteiger charge is 2.25. The van der Waals surface area contributed by atoms with E-state index < -0.39 is 0 Å². The minimum atomic E-state index is 0.292. The fourth-order valence-electron chi connectivity index (χ4n) is 3.45. The van der Waals surface area contributed by atoms with Gasteiger partial charge in [0.05, 0.1) is 6.26 Å². The number of nitrogens with one attached hydrogen (secondary N) is 1. The molecule has 1 fully saturated rings. The van der Waals surface area contributed by atoms with Crippen LogP contribution in [0.25, 0.3) is 0 Å². The Morgan fingerprint density at radius 3 is 2.70 bits per heavy atom. The van der Waals surface area contributed by atoms with E-state index in [0.29, 0.717) is 5.92 Å². The summed E-state index contributed by atoms with van der Waals surface area (Å²) in [5, 5.41) is 3.40. The molecule has 2 aliphatic heterocycles. The minimum Gasteiger partial charge on any atom is -0.448 e. The molecular formula is C19H23N3O. The van der Waals surface area contributed by atoms with Gasteiger partial charge in [0.25, 0.3) is 0 Å². The Hall–Kier alpha value is -2.04. The van der Waals surface area contributed by atoms with Crippen molar-refractivity contribution >= 4 is 5.88 Å². The Kier molecular flexibility index (Phi) is 4.18. The van der Waals surface area contributed by atoms with Gasteiger partial charge in [0.15, 0.2) is 0 Å². The lowest BCUT2D eigenvalue weighted by Gasteiger charge is -2.31. The quantitative estimate of drug-likeness (QED) is 0.941. The van der Waals surface area contributed by atoms with Crippen LogP contribution in [0.5, 0.6) is 0 Å². The van der Waals surface area contributed by atoms with Crippen molar-refractivity contribution < 1.29 is 4.42 Å². The van der Waals surface area contributed by atoms with Gasteiger partial charge in [0.2, 0.25) is 5.88 Å². The maximum Gasteiger partial charge on any atom is 0.203 e. The highest BCUT2D eigenvalue weighted by atomic mass is 16.3. The SMILES string of the molecule is C1=CN(CCN2CCNCC2)c2occc2C1c1ccccc1. The summed E-state index contributed by atoms with van der Waals surface area (Å²) in [6, 6.07) is 12.7. The first-order valence-electron chi connectivity index (χ1n) is 8.42. The molecule has 1 unspecified atom stereocenters. The number of anilines is 1. The highest BCUT2D eigenvalue weighted by molar-refractivity contribution is 5.57. The Bertz CT molecular complexity index is 658. The molecule has 1 aromatic heterocycles. The summed E-state index contributed by atoms with van der Waals surface area (Å²) in [6.07, 6.45) is 6.28. The third-order valence-corrected chi connectivity index (χ3v) is 4.75. The van der Waals surface area contributed by atoms with Crippen molar-refractivity contribution in [1.29, 1.82) is 0 Å². The van der Waals surface area contributed by atoms with Crippen molar-refractivity contribution in [2.45, 2.75) is 5.92 Å². The van der Waals surface area contributed by atoms with Crippen LogP contribution in [0.4, 0.5) is 5.88 Å². The van der Waals surface area contributed by atoms with Gasteiger partial charge in [-0.05, 0) is 11.6 Å². The fraction of sp³-hybridized carbons (Fsp3) is 0.368. The number of hydrogen-bond donors (Lipinski definition) is 1. The topological polar surface area (TPSA) is 31.6 Å². The summed E-state index contributed by atoms with van der Waals surface area (Å²) in [7, 11) is 0. The van der Waals surface area contributed by atoms with Crippen molar-refractivity contribution in [3.8, 4) is 0 Å². The van der Waals surface area contributed by atoms with Gasteiger partial charge in [-0.3, -0.25) is 4.90 Å². The van der Waals surface area contributed by atoms with Crippen LogP contribution >= 0.6 is 0 Å². The summed E-state index contributed by atoms with van der Waals surface area (Å²) in [4.78, 5) is 4.76. The largest absolute Gasteiger partial charge is 0.448 e. The van der Waals surface area contributed by atoms with Crippen LogP contribution in [0.2, 0.25) is 0 Å². The molecule has 2 aliphatic rings. The molecule has 0 bridgehead atoms. The first-order valence-corrected chi connectivity index (χ1v) is 8.42. The molecule has 2 aromatic rings. The second-order valence-electron chi connectivity index (χ2n) is 6.20. The lowest BCUT2D eigenvalue weighted by molar-refractivity contribution is 0.246. The highest BCUT2D eigenvalue weighted by Crippen LogP contribution is 2.38. The average molecular weight is 309 g/mol. The number of rotatable bonds is 4. The average Bonchev–Trinajstić information content (AvgIpc) is 3.11. The maximum atomic E-state index is 5.80. The molecule has 0 saturated carbocycles. The monoisotopic (exact) mass is 309 g/mol. The van der Waals surface area contributed by atoms with Crippen LogP contribution in [0.3, 0.4) is 0 Å². The molecule has 4 rings (SSSR count). The summed E-state index contributed by atoms with van der Waals surface area (Å²) in [5.74, 6) is 1.29. The van der Waals surface area contributed by atoms with Crippen molar-refractivity contribution in [3.05, 3.63) is 66.1 Å². The zero-order valence-electron chi connectivity index (χ0n) is 13.3. The van der Waals surface area contributed by atoms with Crippen LogP contribution < -0.4 is 10.2 Å². The van der Waals surface area contributed by atoms with E-state index in [4.69, 9.17) is 4.42 Å². The summed E-state index contributed by atoms with van der Waals surface area (Å²) in [5.41, 5.74) is 2.58. The van der Waals surface area contributed by atoms with Crippen LogP contribution in [0.15, 0.2) is 59.4 Å². The van der Waals surface area contributed by atoms with Gasteiger partial charge in [-0.1, -0.05) is 36.4 Å². The van der Waals surface area contributed by atoms with E-state index in [1.54, 1.807) is 0 Å². The molecule has 0 amide bonds. The van der Waals surface area contributed by atoms with Crippen molar-refractivity contribution in [2.24, 2.45) is 0 Å². The lowest BCUT2D eigenvalue weighted by atomic mass is 9.91. The predicted molar refractivity (Wildman–Crippen MR) is 92.8 cm³/mol. The second-order valence-corrected chi connectivity index (χ2v) is 6.20. The molecule has 120 valence electrons. The van der Waals surface area contributed by atoms with Crippen molar-refractivity contribution in [1.82, 2.24) is 10.2 Å². The molecule has 4 nitrogen and oxygen atoms in total.